The molecule has 2 aromatic rings. The van der Waals surface area contributed by atoms with Gasteiger partial charge in [-0.3, -0.25) is 4.40 Å². The topological polar surface area (TPSA) is 17.3 Å². The summed E-state index contributed by atoms with van der Waals surface area (Å²) in [5, 5.41) is 1.27. The number of imidazole rings is 1. The van der Waals surface area contributed by atoms with E-state index >= 15 is 0 Å². The first kappa shape index (κ1) is 10.5. The van der Waals surface area contributed by atoms with Crippen LogP contribution >= 0.6 is 23.4 Å². The fourth-order valence-corrected chi connectivity index (χ4v) is 3.76. The Balaban J connectivity index is 2.09. The number of hydrogen-bond donors (Lipinski definition) is 0. The Morgan fingerprint density at radius 3 is 3.12 bits per heavy atom. The number of halogens is 1. The number of fused-ring (bicyclic) bond motifs is 1. The van der Waals surface area contributed by atoms with E-state index in [1.807, 2.05) is 30.1 Å². The molecule has 84 valence electrons. The van der Waals surface area contributed by atoms with Crippen LogP contribution < -0.4 is 0 Å². The highest BCUT2D eigenvalue weighted by Gasteiger charge is 2.21. The third-order valence-electron chi connectivity index (χ3n) is 3.00. The van der Waals surface area contributed by atoms with Crippen LogP contribution in [-0.2, 0) is 0 Å². The van der Waals surface area contributed by atoms with Crippen molar-refractivity contribution in [1.29, 1.82) is 0 Å². The van der Waals surface area contributed by atoms with E-state index in [2.05, 4.69) is 15.5 Å². The van der Waals surface area contributed by atoms with Crippen LogP contribution in [0.3, 0.4) is 0 Å². The molecule has 0 N–H and O–H groups in total. The highest BCUT2D eigenvalue weighted by molar-refractivity contribution is 7.99. The average molecular weight is 253 g/mol. The van der Waals surface area contributed by atoms with Crippen LogP contribution in [0, 0.1) is 0 Å². The molecule has 2 nitrogen and oxygen atoms in total. The van der Waals surface area contributed by atoms with E-state index in [0.29, 0.717) is 5.25 Å². The molecule has 2 aromatic heterocycles. The lowest BCUT2D eigenvalue weighted by atomic mass is 10.2. The first-order chi connectivity index (χ1) is 7.86. The number of thioether (sulfide) groups is 1. The Bertz CT molecular complexity index is 503. The minimum Gasteiger partial charge on any atom is -0.286 e. The van der Waals surface area contributed by atoms with Gasteiger partial charge in [0.05, 0.1) is 17.0 Å². The van der Waals surface area contributed by atoms with Crippen molar-refractivity contribution in [3.05, 3.63) is 35.4 Å². The van der Waals surface area contributed by atoms with Crippen LogP contribution in [0.25, 0.3) is 5.52 Å². The Labute approximate surface area is 104 Å². The zero-order valence-electron chi connectivity index (χ0n) is 8.90. The minimum atomic E-state index is 0.510. The maximum atomic E-state index is 6.24. The number of nitrogens with zero attached hydrogens (tertiary/aromatic N) is 2. The second-order valence-electron chi connectivity index (χ2n) is 4.08. The zero-order valence-corrected chi connectivity index (χ0v) is 10.5. The van der Waals surface area contributed by atoms with Crippen molar-refractivity contribution >= 4 is 28.9 Å². The quantitative estimate of drug-likeness (QED) is 0.715. The summed E-state index contributed by atoms with van der Waals surface area (Å²) >= 11 is 8.24. The predicted octanol–water partition coefficient (Wildman–Crippen LogP) is 3.95. The van der Waals surface area contributed by atoms with Crippen LogP contribution in [0.1, 0.15) is 30.3 Å². The van der Waals surface area contributed by atoms with Crippen molar-refractivity contribution in [2.75, 3.05) is 5.75 Å². The number of rotatable bonds is 1. The SMILES string of the molecule is Clc1cccc2cnc(C3CCCCS3)n12. The van der Waals surface area contributed by atoms with E-state index in [0.717, 1.165) is 16.5 Å². The van der Waals surface area contributed by atoms with Crippen LogP contribution in [0.5, 0.6) is 0 Å². The van der Waals surface area contributed by atoms with Gasteiger partial charge in [-0.15, -0.1) is 0 Å². The molecule has 3 rings (SSSR count). The summed E-state index contributed by atoms with van der Waals surface area (Å²) in [6.45, 7) is 0. The highest BCUT2D eigenvalue weighted by Crippen LogP contribution is 2.38. The van der Waals surface area contributed by atoms with Crippen LogP contribution in [-0.4, -0.2) is 15.1 Å². The van der Waals surface area contributed by atoms with Gasteiger partial charge in [0.25, 0.3) is 0 Å². The summed E-state index contributed by atoms with van der Waals surface area (Å²) in [5.74, 6) is 2.36. The van der Waals surface area contributed by atoms with Crippen molar-refractivity contribution in [2.45, 2.75) is 24.5 Å². The molecule has 1 fully saturated rings. The van der Waals surface area contributed by atoms with E-state index in [1.54, 1.807) is 0 Å². The normalized spacial score (nSPS) is 21.4. The molecule has 3 heterocycles. The van der Waals surface area contributed by atoms with E-state index in [9.17, 15) is 0 Å². The lowest BCUT2D eigenvalue weighted by Gasteiger charge is -2.20. The molecule has 16 heavy (non-hydrogen) atoms. The molecule has 1 saturated heterocycles. The van der Waals surface area contributed by atoms with Gasteiger partial charge in [-0.05, 0) is 30.7 Å². The molecule has 1 aliphatic heterocycles. The molecule has 0 aliphatic carbocycles. The van der Waals surface area contributed by atoms with Gasteiger partial charge in [0, 0.05) is 0 Å². The Morgan fingerprint density at radius 1 is 1.38 bits per heavy atom. The van der Waals surface area contributed by atoms with Crippen LogP contribution in [0.4, 0.5) is 0 Å². The van der Waals surface area contributed by atoms with Gasteiger partial charge in [0.15, 0.2) is 0 Å². The molecule has 1 aliphatic rings. The molecule has 0 bridgehead atoms. The molecule has 0 spiro atoms. The first-order valence-corrected chi connectivity index (χ1v) is 7.02. The Morgan fingerprint density at radius 2 is 2.31 bits per heavy atom. The monoisotopic (exact) mass is 252 g/mol. The molecule has 0 aromatic carbocycles. The van der Waals surface area contributed by atoms with Gasteiger partial charge in [-0.25, -0.2) is 4.98 Å². The molecule has 0 radical (unpaired) electrons. The molecule has 1 unspecified atom stereocenters. The van der Waals surface area contributed by atoms with Gasteiger partial charge in [0.2, 0.25) is 0 Å². The largest absolute Gasteiger partial charge is 0.286 e. The van der Waals surface area contributed by atoms with Crippen LogP contribution in [0.2, 0.25) is 5.15 Å². The summed E-state index contributed by atoms with van der Waals surface area (Å²) in [6, 6.07) is 5.94. The summed E-state index contributed by atoms with van der Waals surface area (Å²) in [7, 11) is 0. The third-order valence-corrected chi connectivity index (χ3v) is 4.67. The lowest BCUT2D eigenvalue weighted by molar-refractivity contribution is 0.661. The van der Waals surface area contributed by atoms with E-state index in [4.69, 9.17) is 11.6 Å². The number of pyridine rings is 1. The standard InChI is InChI=1S/C12H13ClN2S/c13-11-6-3-4-9-8-14-12(15(9)11)10-5-1-2-7-16-10/h3-4,6,8,10H,1-2,5,7H2. The third kappa shape index (κ3) is 1.72. The predicted molar refractivity (Wildman–Crippen MR) is 69.3 cm³/mol. The highest BCUT2D eigenvalue weighted by atomic mass is 35.5. The van der Waals surface area contributed by atoms with Crippen LogP contribution in [0.15, 0.2) is 24.4 Å². The lowest BCUT2D eigenvalue weighted by Crippen LogP contribution is -2.06. The second kappa shape index (κ2) is 4.30. The van der Waals surface area contributed by atoms with Crippen molar-refractivity contribution < 1.29 is 0 Å². The molecule has 0 amide bonds. The molecule has 4 heteroatoms. The van der Waals surface area contributed by atoms with Crippen molar-refractivity contribution in [2.24, 2.45) is 0 Å². The fourth-order valence-electron chi connectivity index (χ4n) is 2.20. The van der Waals surface area contributed by atoms with Gasteiger partial charge >= 0.3 is 0 Å². The second-order valence-corrected chi connectivity index (χ2v) is 5.78. The van der Waals surface area contributed by atoms with E-state index < -0.39 is 0 Å². The summed E-state index contributed by atoms with van der Waals surface area (Å²) in [6.07, 6.45) is 5.76. The first-order valence-electron chi connectivity index (χ1n) is 5.60. The van der Waals surface area contributed by atoms with Gasteiger partial charge < -0.3 is 0 Å². The maximum Gasteiger partial charge on any atom is 0.127 e. The summed E-state index contributed by atoms with van der Waals surface area (Å²) < 4.78 is 2.07. The van der Waals surface area contributed by atoms with Crippen molar-refractivity contribution in [3.8, 4) is 0 Å². The van der Waals surface area contributed by atoms with Gasteiger partial charge in [-0.2, -0.15) is 11.8 Å². The fraction of sp³-hybridized carbons (Fsp3) is 0.417. The smallest absolute Gasteiger partial charge is 0.127 e. The van der Waals surface area contributed by atoms with Gasteiger partial charge in [-0.1, -0.05) is 24.1 Å². The Kier molecular flexibility index (Phi) is 2.82. The molecular formula is C12H13ClN2S. The number of aromatic nitrogens is 2. The van der Waals surface area contributed by atoms with Crippen molar-refractivity contribution in [3.63, 3.8) is 0 Å². The van der Waals surface area contributed by atoms with Gasteiger partial charge in [0.1, 0.15) is 11.0 Å². The van der Waals surface area contributed by atoms with E-state index in [1.165, 1.54) is 25.0 Å². The summed E-state index contributed by atoms with van der Waals surface area (Å²) in [4.78, 5) is 4.54. The average Bonchev–Trinajstić information content (AvgIpc) is 2.75. The minimum absolute atomic E-state index is 0.510. The van der Waals surface area contributed by atoms with E-state index in [-0.39, 0.29) is 0 Å². The molecular weight excluding hydrogens is 240 g/mol. The Hall–Kier alpha value is -0.670. The molecule has 1 atom stereocenters. The van der Waals surface area contributed by atoms with Crippen molar-refractivity contribution in [1.82, 2.24) is 9.38 Å². The number of hydrogen-bond acceptors (Lipinski definition) is 2. The zero-order chi connectivity index (χ0) is 11.0. The molecule has 0 saturated carbocycles. The maximum absolute atomic E-state index is 6.24. The summed E-state index contributed by atoms with van der Waals surface area (Å²) in [5.41, 5.74) is 1.09.